The van der Waals surface area contributed by atoms with E-state index in [1.165, 1.54) is 0 Å². The van der Waals surface area contributed by atoms with Gasteiger partial charge < -0.3 is 10.6 Å². The van der Waals surface area contributed by atoms with Gasteiger partial charge in [0, 0.05) is 29.1 Å². The maximum absolute atomic E-state index is 13.0. The number of rotatable bonds is 6. The molecule has 0 bridgehead atoms. The summed E-state index contributed by atoms with van der Waals surface area (Å²) >= 11 is 0. The van der Waals surface area contributed by atoms with Crippen molar-refractivity contribution >= 4 is 23.3 Å². The van der Waals surface area contributed by atoms with Gasteiger partial charge in [-0.15, -0.1) is 5.10 Å². The van der Waals surface area contributed by atoms with Gasteiger partial charge in [0.05, 0.1) is 17.5 Å². The number of hydrogen-bond donors (Lipinski definition) is 2. The summed E-state index contributed by atoms with van der Waals surface area (Å²) in [5.41, 5.74) is 2.44. The first-order valence-corrected chi connectivity index (χ1v) is 12.1. The fourth-order valence-corrected chi connectivity index (χ4v) is 3.93. The summed E-state index contributed by atoms with van der Waals surface area (Å²) in [7, 11) is 0. The van der Waals surface area contributed by atoms with Gasteiger partial charge in [0.2, 0.25) is 5.91 Å². The van der Waals surface area contributed by atoms with E-state index in [0.29, 0.717) is 29.5 Å². The summed E-state index contributed by atoms with van der Waals surface area (Å²) in [6.07, 6.45) is 0.888. The van der Waals surface area contributed by atoms with Gasteiger partial charge in [0.15, 0.2) is 5.69 Å². The molecule has 2 amide bonds. The van der Waals surface area contributed by atoms with E-state index >= 15 is 0 Å². The summed E-state index contributed by atoms with van der Waals surface area (Å²) in [6.45, 7) is 3.82. The maximum atomic E-state index is 13.0. The van der Waals surface area contributed by atoms with Crippen LogP contribution in [0.5, 0.6) is 0 Å². The number of benzene rings is 1. The van der Waals surface area contributed by atoms with Crippen molar-refractivity contribution in [1.29, 1.82) is 0 Å². The predicted octanol–water partition coefficient (Wildman–Crippen LogP) is 5.92. The van der Waals surface area contributed by atoms with Crippen LogP contribution >= 0.6 is 0 Å². The van der Waals surface area contributed by atoms with E-state index in [4.69, 9.17) is 0 Å². The Hall–Kier alpha value is -4.67. The van der Waals surface area contributed by atoms with E-state index in [1.54, 1.807) is 42.7 Å². The number of pyridine rings is 2. The van der Waals surface area contributed by atoms with Crippen LogP contribution in [0.25, 0.3) is 22.4 Å². The lowest BCUT2D eigenvalue weighted by Gasteiger charge is -2.13. The second kappa shape index (κ2) is 9.90. The van der Waals surface area contributed by atoms with E-state index in [1.807, 2.05) is 26.0 Å². The zero-order chi connectivity index (χ0) is 27.8. The monoisotopic (exact) mass is 532 g/mol. The highest BCUT2D eigenvalue weighted by atomic mass is 19.4. The van der Waals surface area contributed by atoms with E-state index in [-0.39, 0.29) is 11.3 Å². The molecular weight excluding hydrogens is 509 g/mol. The lowest BCUT2D eigenvalue weighted by Crippen LogP contribution is -2.21. The average Bonchev–Trinajstić information content (AvgIpc) is 3.68. The van der Waals surface area contributed by atoms with Crippen molar-refractivity contribution in [3.8, 4) is 22.4 Å². The summed E-state index contributed by atoms with van der Waals surface area (Å²) in [4.78, 5) is 33.8. The molecular formula is C28H23F3N6O2. The molecule has 0 spiro atoms. The van der Waals surface area contributed by atoms with Crippen molar-refractivity contribution < 1.29 is 22.8 Å². The van der Waals surface area contributed by atoms with Gasteiger partial charge in [-0.3, -0.25) is 14.6 Å². The molecule has 1 aliphatic carbocycles. The number of aromatic nitrogens is 4. The van der Waals surface area contributed by atoms with Crippen LogP contribution in [-0.4, -0.2) is 32.0 Å². The predicted molar refractivity (Wildman–Crippen MR) is 139 cm³/mol. The first kappa shape index (κ1) is 26.0. The van der Waals surface area contributed by atoms with Crippen LogP contribution in [0.1, 0.15) is 41.4 Å². The van der Waals surface area contributed by atoms with Crippen molar-refractivity contribution in [2.75, 3.05) is 10.6 Å². The van der Waals surface area contributed by atoms with E-state index in [9.17, 15) is 22.8 Å². The molecule has 3 heterocycles. The highest BCUT2D eigenvalue weighted by Gasteiger charge is 2.45. The lowest BCUT2D eigenvalue weighted by atomic mass is 9.99. The van der Waals surface area contributed by atoms with E-state index < -0.39 is 23.3 Å². The van der Waals surface area contributed by atoms with Gasteiger partial charge in [0.1, 0.15) is 5.82 Å². The third kappa shape index (κ3) is 5.77. The molecule has 8 nitrogen and oxygen atoms in total. The molecule has 0 saturated heterocycles. The summed E-state index contributed by atoms with van der Waals surface area (Å²) < 4.78 is 39.0. The minimum absolute atomic E-state index is 0.0561. The van der Waals surface area contributed by atoms with Gasteiger partial charge >= 0.3 is 6.18 Å². The van der Waals surface area contributed by atoms with Crippen LogP contribution < -0.4 is 10.6 Å². The van der Waals surface area contributed by atoms with Crippen molar-refractivity contribution in [2.45, 2.75) is 32.9 Å². The molecule has 0 unspecified atom stereocenters. The molecule has 2 N–H and O–H groups in total. The second-order valence-electron chi connectivity index (χ2n) is 9.69. The Morgan fingerprint density at radius 1 is 0.923 bits per heavy atom. The Morgan fingerprint density at radius 2 is 1.67 bits per heavy atom. The smallest absolute Gasteiger partial charge is 0.321 e. The van der Waals surface area contributed by atoms with Crippen molar-refractivity contribution in [2.24, 2.45) is 5.41 Å². The number of halogens is 3. The van der Waals surface area contributed by atoms with Crippen molar-refractivity contribution in [3.63, 3.8) is 0 Å². The summed E-state index contributed by atoms with van der Waals surface area (Å²) in [5, 5.41) is 12.3. The van der Waals surface area contributed by atoms with Crippen LogP contribution in [0.4, 0.5) is 24.7 Å². The van der Waals surface area contributed by atoms with Crippen LogP contribution in [-0.2, 0) is 11.0 Å². The zero-order valence-corrected chi connectivity index (χ0v) is 21.0. The number of anilines is 2. The molecule has 1 fully saturated rings. The van der Waals surface area contributed by atoms with Gasteiger partial charge in [-0.2, -0.15) is 18.3 Å². The van der Waals surface area contributed by atoms with Crippen LogP contribution in [0.3, 0.4) is 0 Å². The molecule has 39 heavy (non-hydrogen) atoms. The molecule has 3 aromatic heterocycles. The van der Waals surface area contributed by atoms with Crippen LogP contribution in [0.15, 0.2) is 67.1 Å². The molecule has 198 valence electrons. The Bertz CT molecular complexity index is 1580. The number of nitrogens with one attached hydrogen (secondary N) is 2. The average molecular weight is 533 g/mol. The lowest BCUT2D eigenvalue weighted by molar-refractivity contribution is -0.138. The van der Waals surface area contributed by atoms with Crippen molar-refractivity contribution in [1.82, 2.24) is 20.2 Å². The molecule has 0 aliphatic heterocycles. The highest BCUT2D eigenvalue weighted by Crippen LogP contribution is 2.45. The molecule has 0 radical (unpaired) electrons. The van der Waals surface area contributed by atoms with Gasteiger partial charge in [-0.25, -0.2) is 4.98 Å². The first-order valence-electron chi connectivity index (χ1n) is 12.1. The second-order valence-corrected chi connectivity index (χ2v) is 9.69. The Labute approximate surface area is 221 Å². The summed E-state index contributed by atoms with van der Waals surface area (Å²) in [6, 6.07) is 13.1. The number of nitrogens with zero attached hydrogens (tertiary/aromatic N) is 4. The standard InChI is InChI=1S/C28H23F3N6O2/c1-16-3-4-20(35-25(38)23-13-19(15-34-37-23)28(29,30)31)14-21(16)17-5-9-32-22(11-17)18-6-10-33-24(12-18)36-26(39)27(2)7-8-27/h3-6,9-15H,7-8H2,1-2H3,(H,35,38)(H,33,36,39). The number of hydrogen-bond acceptors (Lipinski definition) is 6. The van der Waals surface area contributed by atoms with Crippen molar-refractivity contribution in [3.05, 3.63) is 83.9 Å². The molecule has 11 heteroatoms. The molecule has 1 aromatic carbocycles. The Kier molecular flexibility index (Phi) is 6.59. The SMILES string of the molecule is Cc1ccc(NC(=O)c2cc(C(F)(F)F)cnn2)cc1-c1ccnc(-c2ccnc(NC(=O)C3(C)CC3)c2)c1. The molecule has 4 aromatic rings. The number of aryl methyl sites for hydroxylation is 1. The quantitative estimate of drug-likeness (QED) is 0.319. The van der Waals surface area contributed by atoms with E-state index in [0.717, 1.165) is 35.1 Å². The van der Waals surface area contributed by atoms with Gasteiger partial charge in [0.25, 0.3) is 5.91 Å². The molecule has 1 aliphatic rings. The minimum atomic E-state index is -4.64. The number of carbonyl (C=O) groups excluding carboxylic acids is 2. The number of carbonyl (C=O) groups is 2. The topological polar surface area (TPSA) is 110 Å². The third-order valence-electron chi connectivity index (χ3n) is 6.63. The number of alkyl halides is 3. The Morgan fingerprint density at radius 3 is 2.41 bits per heavy atom. The first-order chi connectivity index (χ1) is 18.5. The van der Waals surface area contributed by atoms with Gasteiger partial charge in [-0.1, -0.05) is 13.0 Å². The zero-order valence-electron chi connectivity index (χ0n) is 21.0. The molecule has 5 rings (SSSR count). The summed E-state index contributed by atoms with van der Waals surface area (Å²) in [5.74, 6) is -0.430. The Balaban J connectivity index is 1.38. The van der Waals surface area contributed by atoms with Crippen LogP contribution in [0, 0.1) is 12.3 Å². The fourth-order valence-electron chi connectivity index (χ4n) is 3.93. The number of amides is 2. The fraction of sp³-hybridized carbons (Fsp3) is 0.214. The third-order valence-corrected chi connectivity index (χ3v) is 6.63. The van der Waals surface area contributed by atoms with Crippen LogP contribution in [0.2, 0.25) is 0 Å². The maximum Gasteiger partial charge on any atom is 0.418 e. The molecule has 0 atom stereocenters. The largest absolute Gasteiger partial charge is 0.418 e. The normalized spacial score (nSPS) is 14.0. The minimum Gasteiger partial charge on any atom is -0.321 e. The molecule has 1 saturated carbocycles. The van der Waals surface area contributed by atoms with Gasteiger partial charge in [-0.05, 0) is 78.9 Å². The highest BCUT2D eigenvalue weighted by molar-refractivity contribution is 6.03. The van der Waals surface area contributed by atoms with E-state index in [2.05, 4.69) is 30.8 Å².